The summed E-state index contributed by atoms with van der Waals surface area (Å²) in [6.07, 6.45) is 0. The summed E-state index contributed by atoms with van der Waals surface area (Å²) in [7, 11) is 1.99. The first-order valence-electron chi connectivity index (χ1n) is 5.34. The first-order chi connectivity index (χ1) is 7.70. The molecule has 0 aliphatic carbocycles. The van der Waals surface area contributed by atoms with Gasteiger partial charge in [0.2, 0.25) is 0 Å². The summed E-state index contributed by atoms with van der Waals surface area (Å²) < 4.78 is 11.1. The number of rotatable bonds is 3. The molecule has 0 unspecified atom stereocenters. The van der Waals surface area contributed by atoms with Crippen molar-refractivity contribution in [2.45, 2.75) is 13.5 Å². The van der Waals surface area contributed by atoms with Crippen molar-refractivity contribution in [3.05, 3.63) is 23.3 Å². The largest absolute Gasteiger partial charge is 0.486 e. The van der Waals surface area contributed by atoms with Crippen LogP contribution in [0.1, 0.15) is 11.1 Å². The molecule has 0 bridgehead atoms. The zero-order valence-corrected chi connectivity index (χ0v) is 10.4. The molecular formula is C12H16ClNO2. The highest BCUT2D eigenvalue weighted by Gasteiger charge is 2.14. The summed E-state index contributed by atoms with van der Waals surface area (Å²) in [6, 6.07) is 4.60. The highest BCUT2D eigenvalue weighted by Crippen LogP contribution is 2.33. The van der Waals surface area contributed by atoms with Gasteiger partial charge in [-0.25, -0.2) is 0 Å². The van der Waals surface area contributed by atoms with Gasteiger partial charge in [-0.05, 0) is 37.2 Å². The molecule has 0 N–H and O–H groups in total. The minimum absolute atomic E-state index is 0.522. The van der Waals surface area contributed by atoms with Crippen molar-refractivity contribution in [3.8, 4) is 11.5 Å². The summed E-state index contributed by atoms with van der Waals surface area (Å²) in [5.41, 5.74) is 2.44. The van der Waals surface area contributed by atoms with Gasteiger partial charge in [0.15, 0.2) is 11.5 Å². The summed E-state index contributed by atoms with van der Waals surface area (Å²) in [4.78, 5) is 2.04. The molecule has 0 aromatic heterocycles. The van der Waals surface area contributed by atoms with Gasteiger partial charge in [0.1, 0.15) is 13.2 Å². The van der Waals surface area contributed by atoms with Gasteiger partial charge in [0.05, 0.1) is 6.00 Å². The Morgan fingerprint density at radius 2 is 1.88 bits per heavy atom. The van der Waals surface area contributed by atoms with Gasteiger partial charge in [-0.15, -0.1) is 11.6 Å². The Bertz CT molecular complexity index is 382. The molecule has 16 heavy (non-hydrogen) atoms. The molecule has 1 aromatic carbocycles. The fraction of sp³-hybridized carbons (Fsp3) is 0.500. The van der Waals surface area contributed by atoms with Gasteiger partial charge in [0.25, 0.3) is 0 Å². The molecule has 0 atom stereocenters. The third-order valence-corrected chi connectivity index (χ3v) is 3.05. The summed E-state index contributed by atoms with van der Waals surface area (Å²) in [5.74, 6) is 1.69. The lowest BCUT2D eigenvalue weighted by atomic mass is 10.1. The molecule has 1 aliphatic heterocycles. The second kappa shape index (κ2) is 4.93. The van der Waals surface area contributed by atoms with Crippen LogP contribution in [-0.2, 0) is 6.54 Å². The van der Waals surface area contributed by atoms with E-state index in [4.69, 9.17) is 21.1 Å². The Morgan fingerprint density at radius 1 is 1.25 bits per heavy atom. The predicted molar refractivity (Wildman–Crippen MR) is 64.4 cm³/mol. The van der Waals surface area contributed by atoms with E-state index >= 15 is 0 Å². The lowest BCUT2D eigenvalue weighted by Crippen LogP contribution is -2.18. The second-order valence-electron chi connectivity index (χ2n) is 4.06. The van der Waals surface area contributed by atoms with Crippen LogP contribution >= 0.6 is 11.6 Å². The standard InChI is InChI=1S/C12H16ClNO2/c1-9-5-11-12(16-4-3-15-11)6-10(9)7-14(2)8-13/h5-6H,3-4,7-8H2,1-2H3. The van der Waals surface area contributed by atoms with Gasteiger partial charge < -0.3 is 9.47 Å². The molecule has 0 amide bonds. The van der Waals surface area contributed by atoms with Crippen LogP contribution in [0, 0.1) is 6.92 Å². The number of aryl methyl sites for hydroxylation is 1. The van der Waals surface area contributed by atoms with Gasteiger partial charge in [-0.2, -0.15) is 0 Å². The fourth-order valence-electron chi connectivity index (χ4n) is 1.74. The van der Waals surface area contributed by atoms with Crippen LogP contribution in [0.15, 0.2) is 12.1 Å². The molecule has 4 heteroatoms. The first-order valence-corrected chi connectivity index (χ1v) is 5.88. The minimum atomic E-state index is 0.522. The Labute approximate surface area is 101 Å². The number of hydrogen-bond donors (Lipinski definition) is 0. The van der Waals surface area contributed by atoms with Crippen LogP contribution < -0.4 is 9.47 Å². The van der Waals surface area contributed by atoms with Crippen LogP contribution in [0.4, 0.5) is 0 Å². The normalized spacial score (nSPS) is 14.2. The second-order valence-corrected chi connectivity index (χ2v) is 4.30. The number of hydrogen-bond acceptors (Lipinski definition) is 3. The number of halogens is 1. The van der Waals surface area contributed by atoms with E-state index in [1.165, 1.54) is 11.1 Å². The van der Waals surface area contributed by atoms with Crippen molar-refractivity contribution in [1.82, 2.24) is 4.90 Å². The van der Waals surface area contributed by atoms with Crippen LogP contribution in [0.5, 0.6) is 11.5 Å². The Kier molecular flexibility index (Phi) is 3.56. The Balaban J connectivity index is 2.25. The maximum atomic E-state index is 5.77. The quantitative estimate of drug-likeness (QED) is 0.599. The molecule has 3 nitrogen and oxygen atoms in total. The third kappa shape index (κ3) is 2.42. The molecule has 0 fully saturated rings. The summed E-state index contributed by atoms with van der Waals surface area (Å²) >= 11 is 5.77. The maximum absolute atomic E-state index is 5.77. The van der Waals surface area contributed by atoms with Crippen molar-refractivity contribution in [2.75, 3.05) is 26.3 Å². The molecule has 2 rings (SSSR count). The molecule has 1 aromatic rings. The van der Waals surface area contributed by atoms with Crippen molar-refractivity contribution in [1.29, 1.82) is 0 Å². The molecule has 1 aliphatic rings. The van der Waals surface area contributed by atoms with Crippen LogP contribution in [0.3, 0.4) is 0 Å². The minimum Gasteiger partial charge on any atom is -0.486 e. The summed E-state index contributed by atoms with van der Waals surface area (Å²) in [5, 5.41) is 0. The SMILES string of the molecule is Cc1cc2c(cc1CN(C)CCl)OCCO2. The van der Waals surface area contributed by atoms with E-state index in [9.17, 15) is 0 Å². The number of fused-ring (bicyclic) bond motifs is 1. The predicted octanol–water partition coefficient (Wildman–Crippen LogP) is 2.39. The number of nitrogens with zero attached hydrogens (tertiary/aromatic N) is 1. The van der Waals surface area contributed by atoms with Crippen molar-refractivity contribution in [2.24, 2.45) is 0 Å². The number of alkyl halides is 1. The van der Waals surface area contributed by atoms with Crippen molar-refractivity contribution < 1.29 is 9.47 Å². The van der Waals surface area contributed by atoms with Gasteiger partial charge in [-0.3, -0.25) is 4.90 Å². The van der Waals surface area contributed by atoms with E-state index in [-0.39, 0.29) is 0 Å². The average molecular weight is 242 g/mol. The number of benzene rings is 1. The van der Waals surface area contributed by atoms with Crippen molar-refractivity contribution >= 4 is 11.6 Å². The van der Waals surface area contributed by atoms with Gasteiger partial charge in [0, 0.05) is 6.54 Å². The van der Waals surface area contributed by atoms with Gasteiger partial charge in [-0.1, -0.05) is 0 Å². The Hall–Kier alpha value is -0.930. The molecular weight excluding hydrogens is 226 g/mol. The summed E-state index contributed by atoms with van der Waals surface area (Å²) in [6.45, 7) is 4.16. The Morgan fingerprint density at radius 3 is 2.50 bits per heavy atom. The molecule has 0 saturated heterocycles. The number of ether oxygens (including phenoxy) is 2. The highest BCUT2D eigenvalue weighted by atomic mass is 35.5. The molecule has 0 spiro atoms. The van der Waals surface area contributed by atoms with Gasteiger partial charge >= 0.3 is 0 Å². The third-order valence-electron chi connectivity index (χ3n) is 2.65. The van der Waals surface area contributed by atoms with Crippen molar-refractivity contribution in [3.63, 3.8) is 0 Å². The lowest BCUT2D eigenvalue weighted by molar-refractivity contribution is 0.171. The van der Waals surface area contributed by atoms with Crippen LogP contribution in [0.2, 0.25) is 0 Å². The van der Waals surface area contributed by atoms with E-state index in [0.29, 0.717) is 19.2 Å². The first kappa shape index (κ1) is 11.6. The zero-order valence-electron chi connectivity index (χ0n) is 9.62. The maximum Gasteiger partial charge on any atom is 0.161 e. The smallest absolute Gasteiger partial charge is 0.161 e. The average Bonchev–Trinajstić information content (AvgIpc) is 2.30. The zero-order chi connectivity index (χ0) is 11.5. The fourth-order valence-corrected chi connectivity index (χ4v) is 1.82. The monoisotopic (exact) mass is 241 g/mol. The molecule has 0 radical (unpaired) electrons. The van der Waals surface area contributed by atoms with E-state index in [1.54, 1.807) is 0 Å². The highest BCUT2D eigenvalue weighted by molar-refractivity contribution is 6.17. The lowest BCUT2D eigenvalue weighted by Gasteiger charge is -2.21. The van der Waals surface area contributed by atoms with E-state index in [2.05, 4.69) is 6.92 Å². The van der Waals surface area contributed by atoms with E-state index in [1.807, 2.05) is 24.1 Å². The van der Waals surface area contributed by atoms with E-state index < -0.39 is 0 Å². The molecule has 0 saturated carbocycles. The molecule has 1 heterocycles. The van der Waals surface area contributed by atoms with E-state index in [0.717, 1.165) is 18.0 Å². The van der Waals surface area contributed by atoms with Crippen LogP contribution in [-0.4, -0.2) is 31.2 Å². The molecule has 88 valence electrons. The topological polar surface area (TPSA) is 21.7 Å². The van der Waals surface area contributed by atoms with Crippen LogP contribution in [0.25, 0.3) is 0 Å².